The van der Waals surface area contributed by atoms with E-state index in [9.17, 15) is 33.9 Å². The van der Waals surface area contributed by atoms with E-state index in [-0.39, 0.29) is 75.7 Å². The third-order valence-electron chi connectivity index (χ3n) is 19.0. The Kier molecular flexibility index (Phi) is 32.8. The van der Waals surface area contributed by atoms with E-state index in [1.165, 1.54) is 80.8 Å². The van der Waals surface area contributed by atoms with Crippen LogP contribution >= 0.6 is 0 Å². The van der Waals surface area contributed by atoms with Crippen LogP contribution in [0.2, 0.25) is 0 Å². The summed E-state index contributed by atoms with van der Waals surface area (Å²) in [4.78, 5) is 189. The van der Waals surface area contributed by atoms with Gasteiger partial charge >= 0.3 is 0 Å². The highest BCUT2D eigenvalue weighted by atomic mass is 16.3. The maximum Gasteiger partial charge on any atom is 0.246 e. The summed E-state index contributed by atoms with van der Waals surface area (Å²) in [5.74, 6) is -9.77. The molecule has 546 valence electrons. The first-order chi connectivity index (χ1) is 46.0. The van der Waals surface area contributed by atoms with Crippen LogP contribution in [0.1, 0.15) is 151 Å². The topological polar surface area (TPSA) is 299 Å². The Balaban J connectivity index is 1.96. The van der Waals surface area contributed by atoms with Crippen molar-refractivity contribution >= 4 is 70.9 Å². The fourth-order valence-electron chi connectivity index (χ4n) is 12.5. The predicted octanol–water partition coefficient (Wildman–Crippen LogP) is 3.88. The van der Waals surface area contributed by atoms with E-state index < -0.39 is 156 Å². The molecule has 2 aliphatic rings. The highest BCUT2D eigenvalue weighted by Gasteiger charge is 2.44. The van der Waals surface area contributed by atoms with E-state index in [1.54, 1.807) is 93.3 Å². The first-order valence-corrected chi connectivity index (χ1v) is 35.1. The van der Waals surface area contributed by atoms with Gasteiger partial charge in [-0.3, -0.25) is 57.5 Å². The number of aliphatic hydroxyl groups excluding tert-OH is 1. The molecule has 0 radical (unpaired) electrons. The number of nitrogens with one attached hydrogen (secondary N) is 4. The van der Waals surface area contributed by atoms with E-state index in [1.807, 2.05) is 41.5 Å². The molecule has 2 aromatic rings. The van der Waals surface area contributed by atoms with Crippen molar-refractivity contribution < 1.29 is 62.6 Å². The molecule has 4 rings (SSSR count). The number of carbonyl (C=O) groups is 12. The minimum atomic E-state index is -1.45. The number of benzene rings is 2. The number of aliphatic hydroxyl groups is 1. The molecule has 0 saturated carbocycles. The second kappa shape index (κ2) is 39.0. The normalized spacial score (nSPS) is 25.0. The van der Waals surface area contributed by atoms with Crippen molar-refractivity contribution in [1.29, 1.82) is 0 Å². The quantitative estimate of drug-likeness (QED) is 0.141. The number of hydrogen-bond donors (Lipinski definition) is 5. The summed E-state index contributed by atoms with van der Waals surface area (Å²) < 4.78 is 0. The highest BCUT2D eigenvalue weighted by molar-refractivity contribution is 6.00. The van der Waals surface area contributed by atoms with E-state index in [0.717, 1.165) is 16.2 Å². The van der Waals surface area contributed by atoms with Crippen molar-refractivity contribution in [2.75, 3.05) is 75.6 Å². The lowest BCUT2D eigenvalue weighted by atomic mass is 9.95. The van der Waals surface area contributed by atoms with Crippen molar-refractivity contribution in [1.82, 2.24) is 60.5 Å². The zero-order valence-electron chi connectivity index (χ0n) is 61.7. The van der Waals surface area contributed by atoms with Crippen LogP contribution in [0.25, 0.3) is 0 Å². The lowest BCUT2D eigenvalue weighted by Crippen LogP contribution is -2.62. The molecule has 0 bridgehead atoms. The fourth-order valence-corrected chi connectivity index (χ4v) is 12.5. The molecule has 2 fully saturated rings. The van der Waals surface area contributed by atoms with Gasteiger partial charge in [0.15, 0.2) is 0 Å². The Labute approximate surface area is 582 Å². The Morgan fingerprint density at radius 1 is 0.459 bits per heavy atom. The first kappa shape index (κ1) is 82.5. The van der Waals surface area contributed by atoms with E-state index >= 15 is 28.8 Å². The van der Waals surface area contributed by atoms with Crippen LogP contribution in [-0.4, -0.2) is 251 Å². The average Bonchev–Trinajstić information content (AvgIpc) is 0.814. The van der Waals surface area contributed by atoms with Gasteiger partial charge in [-0.25, -0.2) is 0 Å². The van der Waals surface area contributed by atoms with Crippen LogP contribution in [0, 0.1) is 29.6 Å². The van der Waals surface area contributed by atoms with Crippen molar-refractivity contribution in [3.05, 3.63) is 71.8 Å². The van der Waals surface area contributed by atoms with Gasteiger partial charge in [0.05, 0.1) is 13.0 Å². The van der Waals surface area contributed by atoms with Crippen LogP contribution in [0.5, 0.6) is 0 Å². The van der Waals surface area contributed by atoms with Gasteiger partial charge in [0.1, 0.15) is 60.4 Å². The molecule has 2 aliphatic heterocycles. The number of hydrogen-bond acceptors (Lipinski definition) is 13. The highest BCUT2D eigenvalue weighted by Crippen LogP contribution is 2.24. The molecule has 0 unspecified atom stereocenters. The van der Waals surface area contributed by atoms with Gasteiger partial charge < -0.3 is 65.6 Å². The maximum atomic E-state index is 15.5. The lowest BCUT2D eigenvalue weighted by molar-refractivity contribution is -0.152. The third-order valence-corrected chi connectivity index (χ3v) is 19.0. The number of likely N-dealkylation sites (N-methyl/N-ethyl adjacent to an activating group) is 7. The average molecular weight is 1370 g/mol. The minimum absolute atomic E-state index is 0.0216. The van der Waals surface area contributed by atoms with Crippen LogP contribution in [0.15, 0.2) is 60.7 Å². The number of carbonyl (C=O) groups excluding carboxylic acids is 12. The van der Waals surface area contributed by atoms with E-state index in [4.69, 9.17) is 0 Å². The predicted molar refractivity (Wildman–Crippen MR) is 375 cm³/mol. The second-order valence-electron chi connectivity index (χ2n) is 28.9. The molecule has 2 saturated heterocycles. The molecule has 0 spiro atoms. The zero-order chi connectivity index (χ0) is 73.6. The summed E-state index contributed by atoms with van der Waals surface area (Å²) in [6.07, 6.45) is 2.48. The second-order valence-corrected chi connectivity index (χ2v) is 28.9. The Morgan fingerprint density at radius 2 is 0.878 bits per heavy atom. The van der Waals surface area contributed by atoms with Gasteiger partial charge in [0.25, 0.3) is 0 Å². The molecule has 2 heterocycles. The van der Waals surface area contributed by atoms with Gasteiger partial charge in [-0.05, 0) is 105 Å². The van der Waals surface area contributed by atoms with Crippen LogP contribution in [-0.2, 0) is 70.4 Å². The fraction of sp³-hybridized carbons (Fsp3) is 0.671. The Morgan fingerprint density at radius 3 is 1.37 bits per heavy atom. The van der Waals surface area contributed by atoms with Crippen LogP contribution in [0.3, 0.4) is 0 Å². The molecule has 5 N–H and O–H groups in total. The standard InChI is InChI=1S/C73H116N12O13/c1-45(2)38-55-65(90)75-54(69(94)85-35-27-21-28-36-85)43-60(87)79(13)50(11)64(89)76-62(48(7)8)72(97)83(17)58(40-47(5)6)70(95)82(16)57(41-51-30-22-19-23-31-51)67(92)77-63(49(9)10)73(98)84(18)59(42-52-32-24-20-25-33-52)71(96)81(15)56(39-46(3)4)66(91)74-53(34-26-29-37-86)68(93)78(12)44-61(88)80(55)14/h19-20,22-25,30-33,45-50,53-59,62-63,86H,21,26-29,34-44H2,1-18H3,(H,74,91)(H,75,90)(H,76,89)(H,77,92)/t50-,53-,54-,55-,56-,57-,58-,59-,62-,63-/m0/s1. The molecule has 12 amide bonds. The number of rotatable bonds is 17. The van der Waals surface area contributed by atoms with Gasteiger partial charge in [-0.2, -0.15) is 0 Å². The summed E-state index contributed by atoms with van der Waals surface area (Å²) in [6, 6.07) is 5.24. The Bertz CT molecular complexity index is 3010. The third kappa shape index (κ3) is 23.3. The maximum absolute atomic E-state index is 15.5. The number of nitrogens with zero attached hydrogens (tertiary/aromatic N) is 8. The monoisotopic (exact) mass is 1370 g/mol. The molecular weight excluding hydrogens is 1250 g/mol. The van der Waals surface area contributed by atoms with Gasteiger partial charge in [-0.1, -0.05) is 130 Å². The Hall–Kier alpha value is -7.96. The number of piperidine rings is 1. The zero-order valence-corrected chi connectivity index (χ0v) is 61.7. The SMILES string of the molecule is CC(C)C[C@H]1C(=O)N[C@H](C(=O)N2CCCCC2)CC(=O)N(C)[C@@H](C)C(=O)N[C@@H](C(C)C)C(=O)N(C)[C@@H](CC(C)C)C(=O)N(C)[C@@H](Cc2ccccc2)C(=O)N[C@@H](C(C)C)C(=O)N(C)[C@@H](Cc2ccccc2)C(=O)N(C)[C@@H](CC(C)C)C(=O)N[C@@H](CCCCO)C(=O)N(C)CC(=O)N1C. The minimum Gasteiger partial charge on any atom is -0.396 e. The molecular formula is C73H116N12O13. The molecule has 2 aromatic carbocycles. The molecule has 0 aromatic heterocycles. The molecule has 25 heteroatoms. The van der Waals surface area contributed by atoms with E-state index in [0.29, 0.717) is 37.1 Å². The number of amides is 12. The van der Waals surface area contributed by atoms with Crippen molar-refractivity contribution in [3.8, 4) is 0 Å². The smallest absolute Gasteiger partial charge is 0.246 e. The van der Waals surface area contributed by atoms with Gasteiger partial charge in [0, 0.05) is 81.9 Å². The summed E-state index contributed by atoms with van der Waals surface area (Å²) >= 11 is 0. The van der Waals surface area contributed by atoms with Crippen molar-refractivity contribution in [3.63, 3.8) is 0 Å². The van der Waals surface area contributed by atoms with Crippen LogP contribution < -0.4 is 21.3 Å². The molecule has 0 aliphatic carbocycles. The number of likely N-dealkylation sites (tertiary alicyclic amines) is 1. The summed E-state index contributed by atoms with van der Waals surface area (Å²) in [5.41, 5.74) is 1.35. The summed E-state index contributed by atoms with van der Waals surface area (Å²) in [5, 5.41) is 21.3. The first-order valence-electron chi connectivity index (χ1n) is 35.1. The van der Waals surface area contributed by atoms with Crippen LogP contribution in [0.4, 0.5) is 0 Å². The van der Waals surface area contributed by atoms with E-state index in [2.05, 4.69) is 21.3 Å². The van der Waals surface area contributed by atoms with Crippen molar-refractivity contribution in [2.24, 2.45) is 29.6 Å². The summed E-state index contributed by atoms with van der Waals surface area (Å²) in [6.45, 7) is 19.5. The van der Waals surface area contributed by atoms with Gasteiger partial charge in [0.2, 0.25) is 70.9 Å². The summed E-state index contributed by atoms with van der Waals surface area (Å²) in [7, 11) is 9.98. The lowest BCUT2D eigenvalue weighted by Gasteiger charge is -2.39. The molecule has 10 atom stereocenters. The number of unbranched alkanes of at least 4 members (excludes halogenated alkanes) is 1. The molecule has 25 nitrogen and oxygen atoms in total. The largest absolute Gasteiger partial charge is 0.396 e. The van der Waals surface area contributed by atoms with Gasteiger partial charge in [-0.15, -0.1) is 0 Å². The molecule has 98 heavy (non-hydrogen) atoms. The van der Waals surface area contributed by atoms with Crippen molar-refractivity contribution in [2.45, 2.75) is 214 Å².